The summed E-state index contributed by atoms with van der Waals surface area (Å²) in [5, 5.41) is 27.9. The summed E-state index contributed by atoms with van der Waals surface area (Å²) in [5.74, 6) is 0. The van der Waals surface area contributed by atoms with Crippen molar-refractivity contribution in [2.45, 2.75) is 5.03 Å². The van der Waals surface area contributed by atoms with Crippen molar-refractivity contribution in [3.63, 3.8) is 0 Å². The maximum atomic E-state index is 11.2. The van der Waals surface area contributed by atoms with Crippen LogP contribution in [0.4, 0.5) is 5.69 Å². The van der Waals surface area contributed by atoms with E-state index in [2.05, 4.69) is 10.2 Å². The minimum Gasteiger partial charge on any atom is -0.595 e. The first-order valence-corrected chi connectivity index (χ1v) is 6.15. The van der Waals surface area contributed by atoms with Gasteiger partial charge in [-0.25, -0.2) is 5.21 Å². The van der Waals surface area contributed by atoms with E-state index < -0.39 is 5.23 Å². The zero-order valence-electron chi connectivity index (χ0n) is 9.12. The lowest BCUT2D eigenvalue weighted by Gasteiger charge is -2.14. The molecule has 1 unspecified atom stereocenters. The normalized spacial score (nSPS) is 12.4. The van der Waals surface area contributed by atoms with Gasteiger partial charge in [0.05, 0.1) is 0 Å². The molecule has 0 fully saturated rings. The highest BCUT2D eigenvalue weighted by molar-refractivity contribution is 7.98. The molecule has 88 valence electrons. The van der Waals surface area contributed by atoms with Crippen LogP contribution in [-0.2, 0) is 0 Å². The molecule has 1 heterocycles. The van der Waals surface area contributed by atoms with E-state index in [9.17, 15) is 5.21 Å². The molecule has 17 heavy (non-hydrogen) atoms. The molecule has 6 heteroatoms. The predicted octanol–water partition coefficient (Wildman–Crippen LogP) is 1.27. The molecule has 1 atom stereocenters. The smallest absolute Gasteiger partial charge is 0.195 e. The Morgan fingerprint density at radius 1 is 1.24 bits per heavy atom. The van der Waals surface area contributed by atoms with Crippen LogP contribution in [-0.4, -0.2) is 21.7 Å². The average Bonchev–Trinajstić information content (AvgIpc) is 2.39. The molecule has 1 aromatic carbocycles. The topological polar surface area (TPSA) is 73.5 Å². The van der Waals surface area contributed by atoms with Crippen LogP contribution in [0.5, 0.6) is 0 Å². The van der Waals surface area contributed by atoms with E-state index in [4.69, 9.17) is 5.21 Å². The van der Waals surface area contributed by atoms with Gasteiger partial charge in [0.15, 0.2) is 11.4 Å². The summed E-state index contributed by atoms with van der Waals surface area (Å²) >= 11 is 1.37. The summed E-state index contributed by atoms with van der Waals surface area (Å²) in [6.45, 7) is 0. The van der Waals surface area contributed by atoms with E-state index in [1.807, 2.05) is 36.6 Å². The number of thioether (sulfide) groups is 1. The van der Waals surface area contributed by atoms with Crippen LogP contribution in [0.2, 0.25) is 0 Å². The summed E-state index contributed by atoms with van der Waals surface area (Å²) in [5.41, 5.74) is 1.33. The van der Waals surface area contributed by atoms with Crippen molar-refractivity contribution in [2.24, 2.45) is 0 Å². The van der Waals surface area contributed by atoms with Crippen LogP contribution >= 0.6 is 11.8 Å². The van der Waals surface area contributed by atoms with E-state index in [0.29, 0.717) is 10.7 Å². The molecule has 0 aliphatic carbocycles. The van der Waals surface area contributed by atoms with Gasteiger partial charge in [-0.05, 0) is 6.26 Å². The maximum Gasteiger partial charge on any atom is 0.195 e. The van der Waals surface area contributed by atoms with Crippen molar-refractivity contribution in [1.82, 2.24) is 10.2 Å². The second kappa shape index (κ2) is 5.24. The predicted molar refractivity (Wildman–Crippen MR) is 65.0 cm³/mol. The van der Waals surface area contributed by atoms with Crippen LogP contribution in [0.15, 0.2) is 41.4 Å². The summed E-state index contributed by atoms with van der Waals surface area (Å²) < 4.78 is 0. The number of rotatable bonds is 3. The van der Waals surface area contributed by atoms with E-state index >= 15 is 0 Å². The van der Waals surface area contributed by atoms with Gasteiger partial charge >= 0.3 is 0 Å². The van der Waals surface area contributed by atoms with E-state index in [1.165, 1.54) is 11.8 Å². The molecule has 5 nitrogen and oxygen atoms in total. The Bertz CT molecular complexity index is 505. The maximum absolute atomic E-state index is 11.2. The zero-order chi connectivity index (χ0) is 12.3. The number of aromatic nitrogens is 2. The molecule has 0 saturated carbocycles. The van der Waals surface area contributed by atoms with Gasteiger partial charge in [-0.2, -0.15) is 5.23 Å². The number of benzene rings is 1. The second-order valence-electron chi connectivity index (χ2n) is 3.32. The van der Waals surface area contributed by atoms with E-state index in [-0.39, 0.29) is 5.69 Å². The molecule has 0 bridgehead atoms. The van der Waals surface area contributed by atoms with Gasteiger partial charge in [0.2, 0.25) is 0 Å². The van der Waals surface area contributed by atoms with Crippen molar-refractivity contribution in [3.05, 3.63) is 41.6 Å². The lowest BCUT2D eigenvalue weighted by Crippen LogP contribution is -2.99. The standard InChI is InChI=1S/C11H11N3O2S/c1-17-10-7-9(14(15)16)11(13-12-10)8-5-3-2-4-6-8/h2-7,14-15H,1H3. The summed E-state index contributed by atoms with van der Waals surface area (Å²) in [4.78, 5) is 0. The summed E-state index contributed by atoms with van der Waals surface area (Å²) in [6, 6.07) is 10.7. The van der Waals surface area contributed by atoms with Crippen molar-refractivity contribution in [1.29, 1.82) is 0 Å². The number of nitrogens with one attached hydrogen (secondary N) is 1. The van der Waals surface area contributed by atoms with Gasteiger partial charge in [0.1, 0.15) is 5.03 Å². The van der Waals surface area contributed by atoms with E-state index in [0.717, 1.165) is 5.56 Å². The highest BCUT2D eigenvalue weighted by Gasteiger charge is 2.14. The zero-order valence-corrected chi connectivity index (χ0v) is 9.94. The Hall–Kier alpha value is -1.47. The lowest BCUT2D eigenvalue weighted by atomic mass is 10.1. The van der Waals surface area contributed by atoms with Gasteiger partial charge in [0.25, 0.3) is 0 Å². The summed E-state index contributed by atoms with van der Waals surface area (Å²) in [7, 11) is 0. The monoisotopic (exact) mass is 249 g/mol. The summed E-state index contributed by atoms with van der Waals surface area (Å²) in [6.07, 6.45) is 1.83. The fourth-order valence-corrected chi connectivity index (χ4v) is 1.80. The Kier molecular flexibility index (Phi) is 3.70. The fourth-order valence-electron chi connectivity index (χ4n) is 1.45. The molecule has 2 rings (SSSR count). The van der Waals surface area contributed by atoms with Crippen molar-refractivity contribution in [3.8, 4) is 11.3 Å². The van der Waals surface area contributed by atoms with Crippen LogP contribution in [0.25, 0.3) is 11.3 Å². The van der Waals surface area contributed by atoms with Crippen molar-refractivity contribution < 1.29 is 10.4 Å². The average molecular weight is 249 g/mol. The third kappa shape index (κ3) is 2.62. The lowest BCUT2D eigenvalue weighted by molar-refractivity contribution is -0.991. The van der Waals surface area contributed by atoms with Crippen LogP contribution < -0.4 is 5.23 Å². The van der Waals surface area contributed by atoms with Gasteiger partial charge < -0.3 is 5.21 Å². The van der Waals surface area contributed by atoms with Crippen molar-refractivity contribution in [2.75, 3.05) is 6.26 Å². The molecular formula is C11H11N3O2S. The first-order chi connectivity index (χ1) is 8.22. The Morgan fingerprint density at radius 3 is 2.53 bits per heavy atom. The quantitative estimate of drug-likeness (QED) is 0.633. The van der Waals surface area contributed by atoms with Crippen LogP contribution in [0.1, 0.15) is 0 Å². The Balaban J connectivity index is 2.54. The molecule has 2 N–H and O–H groups in total. The van der Waals surface area contributed by atoms with Gasteiger partial charge in [0, 0.05) is 11.6 Å². The van der Waals surface area contributed by atoms with Gasteiger partial charge in [-0.1, -0.05) is 30.3 Å². The minimum absolute atomic E-state index is 0.176. The molecular weight excluding hydrogens is 238 g/mol. The molecule has 0 saturated heterocycles. The highest BCUT2D eigenvalue weighted by Crippen LogP contribution is 2.24. The molecule has 0 amide bonds. The molecule has 2 aromatic rings. The first kappa shape index (κ1) is 12.0. The molecule has 0 spiro atoms. The third-order valence-electron chi connectivity index (χ3n) is 2.26. The first-order valence-electron chi connectivity index (χ1n) is 4.93. The highest BCUT2D eigenvalue weighted by atomic mass is 32.2. The SMILES string of the molecule is CSc1cc([NH+]([O-])O)c(-c2ccccc2)nn1. The number of hydrogen-bond acceptors (Lipinski definition) is 5. The van der Waals surface area contributed by atoms with E-state index in [1.54, 1.807) is 6.07 Å². The molecule has 0 radical (unpaired) electrons. The Morgan fingerprint density at radius 2 is 1.94 bits per heavy atom. The Labute approximate surface area is 103 Å². The molecule has 0 aliphatic rings. The number of hydrogen-bond donors (Lipinski definition) is 2. The fraction of sp³-hybridized carbons (Fsp3) is 0.0909. The van der Waals surface area contributed by atoms with Crippen LogP contribution in [0.3, 0.4) is 0 Å². The third-order valence-corrected chi connectivity index (χ3v) is 2.88. The number of nitrogens with zero attached hydrogens (tertiary/aromatic N) is 2. The molecule has 0 aliphatic heterocycles. The number of quaternary nitrogens is 1. The van der Waals surface area contributed by atoms with Crippen molar-refractivity contribution >= 4 is 17.4 Å². The van der Waals surface area contributed by atoms with Gasteiger partial charge in [-0.3, -0.25) is 0 Å². The van der Waals surface area contributed by atoms with Crippen LogP contribution in [0, 0.1) is 5.21 Å². The second-order valence-corrected chi connectivity index (χ2v) is 4.15. The minimum atomic E-state index is -0.992. The van der Waals surface area contributed by atoms with Gasteiger partial charge in [-0.15, -0.1) is 22.0 Å². The largest absolute Gasteiger partial charge is 0.595 e. The molecule has 1 aromatic heterocycles.